The predicted molar refractivity (Wildman–Crippen MR) is 222 cm³/mol. The first-order valence-corrected chi connectivity index (χ1v) is 21.7. The molecule has 5 atom stereocenters. The van der Waals surface area contributed by atoms with Gasteiger partial charge in [-0.2, -0.15) is 0 Å². The van der Waals surface area contributed by atoms with Crippen LogP contribution in [0, 0.1) is 47.3 Å². The molecule has 9 nitrogen and oxygen atoms in total. The number of carbonyl (C=O) groups excluding carboxylic acids is 7. The molecular formula is C47H73N2O7Y-. The van der Waals surface area contributed by atoms with Crippen molar-refractivity contribution in [2.45, 2.75) is 151 Å². The zero-order valence-corrected chi connectivity index (χ0v) is 38.9. The fourth-order valence-electron chi connectivity index (χ4n) is 8.28. The van der Waals surface area contributed by atoms with Crippen LogP contribution in [0.25, 0.3) is 0 Å². The summed E-state index contributed by atoms with van der Waals surface area (Å²) < 4.78 is 0. The number of amides is 1. The van der Waals surface area contributed by atoms with E-state index in [0.29, 0.717) is 38.8 Å². The van der Waals surface area contributed by atoms with Crippen LogP contribution in [0.5, 0.6) is 0 Å². The minimum atomic E-state index is -0.680. The van der Waals surface area contributed by atoms with Crippen molar-refractivity contribution >= 4 is 41.1 Å². The van der Waals surface area contributed by atoms with E-state index in [1.165, 1.54) is 0 Å². The summed E-state index contributed by atoms with van der Waals surface area (Å²) in [6.45, 7) is 12.2. The number of hydrogen-bond acceptors (Lipinski definition) is 8. The Morgan fingerprint density at radius 1 is 0.772 bits per heavy atom. The molecule has 1 aromatic carbocycles. The van der Waals surface area contributed by atoms with E-state index in [0.717, 1.165) is 56.9 Å². The second-order valence-corrected chi connectivity index (χ2v) is 17.5. The molecule has 1 aliphatic rings. The first-order valence-electron chi connectivity index (χ1n) is 21.7. The molecule has 0 aliphatic heterocycles. The monoisotopic (exact) mass is 866 g/mol. The van der Waals surface area contributed by atoms with Crippen LogP contribution in [0.1, 0.15) is 150 Å². The second-order valence-electron chi connectivity index (χ2n) is 17.5. The van der Waals surface area contributed by atoms with Gasteiger partial charge in [0.25, 0.3) is 0 Å². The Morgan fingerprint density at radius 3 is 1.96 bits per heavy atom. The van der Waals surface area contributed by atoms with Crippen LogP contribution in [0.15, 0.2) is 30.3 Å². The Hall–Kier alpha value is -2.23. The van der Waals surface area contributed by atoms with E-state index < -0.39 is 29.6 Å². The van der Waals surface area contributed by atoms with Crippen LogP contribution in [0.4, 0.5) is 0 Å². The number of benzene rings is 1. The zero-order chi connectivity index (χ0) is 41.6. The number of Topliss-reactive ketones (excluding diaryl/α,β-unsaturated/α-hetero) is 5. The van der Waals surface area contributed by atoms with E-state index in [9.17, 15) is 33.6 Å². The van der Waals surface area contributed by atoms with E-state index in [-0.39, 0.29) is 124 Å². The van der Waals surface area contributed by atoms with Gasteiger partial charge in [-0.1, -0.05) is 97.6 Å². The summed E-state index contributed by atoms with van der Waals surface area (Å²) in [7, 11) is 0. The maximum Gasteiger partial charge on any atom is 0.226 e. The molecule has 0 heterocycles. The third kappa shape index (κ3) is 20.5. The van der Waals surface area contributed by atoms with Crippen LogP contribution in [-0.4, -0.2) is 65.6 Å². The molecule has 0 spiro atoms. The molecule has 0 bridgehead atoms. The molecule has 317 valence electrons. The van der Waals surface area contributed by atoms with Crippen molar-refractivity contribution in [2.24, 2.45) is 53.1 Å². The van der Waals surface area contributed by atoms with Crippen molar-refractivity contribution in [1.29, 1.82) is 0 Å². The second kappa shape index (κ2) is 29.1. The van der Waals surface area contributed by atoms with Gasteiger partial charge in [-0.25, -0.2) is 0 Å². The van der Waals surface area contributed by atoms with Crippen molar-refractivity contribution in [2.75, 3.05) is 19.6 Å². The predicted octanol–water partition coefficient (Wildman–Crippen LogP) is 8.27. The first-order chi connectivity index (χ1) is 26.7. The minimum Gasteiger partial charge on any atom is -0.542 e. The largest absolute Gasteiger partial charge is 0.542 e. The molecule has 1 aliphatic carbocycles. The molecule has 10 heteroatoms. The van der Waals surface area contributed by atoms with Gasteiger partial charge in [0.05, 0.1) is 6.54 Å². The summed E-state index contributed by atoms with van der Waals surface area (Å²) in [6.07, 6.45) is 11.3. The van der Waals surface area contributed by atoms with E-state index in [1.807, 2.05) is 71.2 Å². The van der Waals surface area contributed by atoms with Crippen molar-refractivity contribution < 1.29 is 66.3 Å². The average Bonchev–Trinajstić information content (AvgIpc) is 3.16. The third-order valence-corrected chi connectivity index (χ3v) is 11.5. The number of rotatable bonds is 30. The van der Waals surface area contributed by atoms with E-state index in [2.05, 4.69) is 0 Å². The van der Waals surface area contributed by atoms with E-state index >= 15 is 0 Å². The van der Waals surface area contributed by atoms with Gasteiger partial charge in [0.15, 0.2) is 5.78 Å². The number of unbranched alkanes of at least 4 members (excludes halogenated alkanes) is 1. The quantitative estimate of drug-likeness (QED) is 0.0600. The van der Waals surface area contributed by atoms with Crippen LogP contribution < -0.4 is 5.73 Å². The number of nitrogens with two attached hydrogens (primary N) is 1. The molecule has 1 amide bonds. The van der Waals surface area contributed by atoms with Crippen molar-refractivity contribution in [3.8, 4) is 0 Å². The van der Waals surface area contributed by atoms with E-state index in [1.54, 1.807) is 11.8 Å². The molecule has 0 aromatic heterocycles. The fraction of sp³-hybridized carbons (Fsp3) is 0.723. The summed E-state index contributed by atoms with van der Waals surface area (Å²) >= 11 is 0. The van der Waals surface area contributed by atoms with Gasteiger partial charge >= 0.3 is 0 Å². The number of hydrogen-bond donors (Lipinski definition) is 1. The average molecular weight is 867 g/mol. The Morgan fingerprint density at radius 2 is 1.39 bits per heavy atom. The Labute approximate surface area is 369 Å². The third-order valence-electron chi connectivity index (χ3n) is 11.5. The topological polar surface area (TPSA) is 149 Å². The molecule has 1 saturated carbocycles. The van der Waals surface area contributed by atoms with Gasteiger partial charge in [-0.05, 0) is 81.2 Å². The molecule has 1 aromatic rings. The molecule has 5 unspecified atom stereocenters. The molecule has 0 saturated heterocycles. The number of ketones is 5. The van der Waals surface area contributed by atoms with Crippen LogP contribution in [0.3, 0.4) is 0 Å². The normalized spacial score (nSPS) is 15.9. The molecule has 2 rings (SSSR count). The standard InChI is InChI=1S/C47H73N2O7.Y/c1-7-16-41(51)26-38(21-14-15-22-48)45(54)28-39(23-33(2)3)46(55)29-43(34(4)5)47(56)49(30-37-19-12-9-13-20-37)31-42(52)27-40(44(53)24-35(6)32-50)25-36-17-10-8-11-18-36;/h8,10-11,17-18,33-35,37-40,43H,7,9,12-16,19-31,48H2,1-6H3;/q-1;. The molecule has 2 N–H and O–H groups in total. The maximum atomic E-state index is 14.6. The minimum absolute atomic E-state index is 0. The summed E-state index contributed by atoms with van der Waals surface area (Å²) in [5, 5.41) is 0. The van der Waals surface area contributed by atoms with Gasteiger partial charge in [0, 0.05) is 95.0 Å². The number of carbonyl (C=O) groups is 6. The SMILES string of the molecule is CCCC(=O)CC(CCCCN)C(=O)CC(CC(C)C)C(=O)CC(C(=O)N(CC(=O)CC(Cc1ccccc1)C(=O)CC(C)[C-]=O)CC1CCCCC1)C(C)C.[Y]. The van der Waals surface area contributed by atoms with Gasteiger partial charge in [0.2, 0.25) is 5.91 Å². The summed E-state index contributed by atoms with van der Waals surface area (Å²) in [6, 6.07) is 9.49. The van der Waals surface area contributed by atoms with Gasteiger partial charge < -0.3 is 15.4 Å². The Bertz CT molecular complexity index is 1390. The zero-order valence-electron chi connectivity index (χ0n) is 36.1. The summed E-state index contributed by atoms with van der Waals surface area (Å²) in [5.74, 6) is -3.48. The smallest absolute Gasteiger partial charge is 0.226 e. The van der Waals surface area contributed by atoms with Crippen LogP contribution in [-0.2, 0) is 72.7 Å². The van der Waals surface area contributed by atoms with Gasteiger partial charge in [-0.3, -0.25) is 35.1 Å². The van der Waals surface area contributed by atoms with E-state index in [4.69, 9.17) is 5.73 Å². The maximum absolute atomic E-state index is 14.6. The summed E-state index contributed by atoms with van der Waals surface area (Å²) in [5.41, 5.74) is 6.64. The Kier molecular flexibility index (Phi) is 26.9. The fourth-order valence-corrected chi connectivity index (χ4v) is 8.28. The van der Waals surface area contributed by atoms with Crippen molar-refractivity contribution in [3.05, 3.63) is 35.9 Å². The van der Waals surface area contributed by atoms with Gasteiger partial charge in [0.1, 0.15) is 23.1 Å². The molecule has 1 fully saturated rings. The summed E-state index contributed by atoms with van der Waals surface area (Å²) in [4.78, 5) is 95.6. The molecule has 57 heavy (non-hydrogen) atoms. The first kappa shape index (κ1) is 52.8. The van der Waals surface area contributed by atoms with Crippen molar-refractivity contribution in [3.63, 3.8) is 0 Å². The number of nitrogens with zero attached hydrogens (tertiary/aromatic N) is 1. The molecule has 1 radical (unpaired) electrons. The Balaban J connectivity index is 0.0000162. The van der Waals surface area contributed by atoms with Gasteiger partial charge in [-0.15, -0.1) is 5.92 Å². The van der Waals surface area contributed by atoms with Crippen LogP contribution in [0.2, 0.25) is 0 Å². The molecular weight excluding hydrogens is 793 g/mol. The van der Waals surface area contributed by atoms with Crippen molar-refractivity contribution in [1.82, 2.24) is 4.90 Å². The van der Waals surface area contributed by atoms with Crippen LogP contribution >= 0.6 is 0 Å².